The van der Waals surface area contributed by atoms with Gasteiger partial charge in [0.25, 0.3) is 5.91 Å². The molecule has 1 aromatic carbocycles. The minimum absolute atomic E-state index is 0.199. The lowest BCUT2D eigenvalue weighted by molar-refractivity contribution is 0.102. The van der Waals surface area contributed by atoms with E-state index < -0.39 is 0 Å². The summed E-state index contributed by atoms with van der Waals surface area (Å²) in [6.45, 7) is 4.24. The van der Waals surface area contributed by atoms with Crippen molar-refractivity contribution in [2.75, 3.05) is 11.1 Å². The highest BCUT2D eigenvalue weighted by Crippen LogP contribution is 2.18. The first kappa shape index (κ1) is 14.3. The Labute approximate surface area is 123 Å². The van der Waals surface area contributed by atoms with Crippen LogP contribution in [0.3, 0.4) is 0 Å². The van der Waals surface area contributed by atoms with Gasteiger partial charge in [0.05, 0.1) is 0 Å². The van der Waals surface area contributed by atoms with Gasteiger partial charge in [0.2, 0.25) is 0 Å². The highest BCUT2D eigenvalue weighted by Gasteiger charge is 2.09. The molecule has 0 saturated carbocycles. The zero-order valence-electron chi connectivity index (χ0n) is 11.4. The standard InChI is InChI=1S/C15H16ClN3O/c1-9(2)10-3-5-12(6-4-10)18-15(20)11-7-13(16)19-14(17)8-11/h3-9H,1-2H3,(H2,17,19)(H,18,20). The first-order valence-corrected chi connectivity index (χ1v) is 6.68. The van der Waals surface area contributed by atoms with Crippen LogP contribution in [0, 0.1) is 0 Å². The lowest BCUT2D eigenvalue weighted by Crippen LogP contribution is -2.12. The van der Waals surface area contributed by atoms with Crippen LogP contribution in [-0.2, 0) is 0 Å². The number of hydrogen-bond donors (Lipinski definition) is 2. The number of amides is 1. The molecule has 5 heteroatoms. The number of halogens is 1. The predicted molar refractivity (Wildman–Crippen MR) is 82.1 cm³/mol. The topological polar surface area (TPSA) is 68.0 Å². The molecule has 2 aromatic rings. The number of carbonyl (C=O) groups excluding carboxylic acids is 1. The number of carbonyl (C=O) groups is 1. The molecule has 3 N–H and O–H groups in total. The van der Waals surface area contributed by atoms with E-state index in [4.69, 9.17) is 17.3 Å². The molecule has 0 spiro atoms. The van der Waals surface area contributed by atoms with E-state index in [1.807, 2.05) is 24.3 Å². The molecule has 2 rings (SSSR count). The largest absolute Gasteiger partial charge is 0.384 e. The van der Waals surface area contributed by atoms with Gasteiger partial charge >= 0.3 is 0 Å². The molecule has 104 valence electrons. The van der Waals surface area contributed by atoms with Crippen LogP contribution in [0.2, 0.25) is 5.15 Å². The lowest BCUT2D eigenvalue weighted by Gasteiger charge is -2.09. The minimum atomic E-state index is -0.265. The van der Waals surface area contributed by atoms with E-state index in [2.05, 4.69) is 24.1 Å². The van der Waals surface area contributed by atoms with Crippen LogP contribution in [0.15, 0.2) is 36.4 Å². The number of nitrogens with zero attached hydrogens (tertiary/aromatic N) is 1. The first-order chi connectivity index (χ1) is 9.45. The number of nitrogens with one attached hydrogen (secondary N) is 1. The Morgan fingerprint density at radius 1 is 1.25 bits per heavy atom. The van der Waals surface area contributed by atoms with Crippen molar-refractivity contribution in [3.05, 3.63) is 52.7 Å². The normalized spacial score (nSPS) is 10.6. The highest BCUT2D eigenvalue weighted by atomic mass is 35.5. The van der Waals surface area contributed by atoms with Gasteiger partial charge in [-0.3, -0.25) is 4.79 Å². The Kier molecular flexibility index (Phi) is 4.25. The number of pyridine rings is 1. The zero-order chi connectivity index (χ0) is 14.7. The number of nitrogen functional groups attached to an aromatic ring is 1. The summed E-state index contributed by atoms with van der Waals surface area (Å²) in [6, 6.07) is 10.7. The average molecular weight is 290 g/mol. The van der Waals surface area contributed by atoms with Crippen LogP contribution < -0.4 is 11.1 Å². The second-order valence-electron chi connectivity index (χ2n) is 4.83. The van der Waals surface area contributed by atoms with Gasteiger partial charge in [-0.15, -0.1) is 0 Å². The van der Waals surface area contributed by atoms with Gasteiger partial charge in [-0.05, 0) is 35.7 Å². The fraction of sp³-hybridized carbons (Fsp3) is 0.200. The number of anilines is 2. The lowest BCUT2D eigenvalue weighted by atomic mass is 10.0. The van der Waals surface area contributed by atoms with Crippen LogP contribution in [0.4, 0.5) is 11.5 Å². The van der Waals surface area contributed by atoms with E-state index in [-0.39, 0.29) is 16.9 Å². The number of benzene rings is 1. The second kappa shape index (κ2) is 5.92. The maximum Gasteiger partial charge on any atom is 0.255 e. The Morgan fingerprint density at radius 3 is 2.45 bits per heavy atom. The molecule has 0 saturated heterocycles. The molecular weight excluding hydrogens is 274 g/mol. The molecule has 0 fully saturated rings. The average Bonchev–Trinajstić information content (AvgIpc) is 2.38. The Bertz CT molecular complexity index is 603. The third kappa shape index (κ3) is 3.48. The minimum Gasteiger partial charge on any atom is -0.384 e. The van der Waals surface area contributed by atoms with Crippen LogP contribution in [-0.4, -0.2) is 10.9 Å². The number of aromatic nitrogens is 1. The van der Waals surface area contributed by atoms with Gasteiger partial charge < -0.3 is 11.1 Å². The van der Waals surface area contributed by atoms with E-state index in [9.17, 15) is 4.79 Å². The smallest absolute Gasteiger partial charge is 0.255 e. The SMILES string of the molecule is CC(C)c1ccc(NC(=O)c2cc(N)nc(Cl)c2)cc1. The van der Waals surface area contributed by atoms with Crippen molar-refractivity contribution in [2.45, 2.75) is 19.8 Å². The molecule has 4 nitrogen and oxygen atoms in total. The molecule has 1 aromatic heterocycles. The van der Waals surface area contributed by atoms with Crippen LogP contribution >= 0.6 is 11.6 Å². The van der Waals surface area contributed by atoms with Crippen LogP contribution in [0.5, 0.6) is 0 Å². The summed E-state index contributed by atoms with van der Waals surface area (Å²) in [5, 5.41) is 3.00. The van der Waals surface area contributed by atoms with Crippen molar-refractivity contribution < 1.29 is 4.79 Å². The Hall–Kier alpha value is -2.07. The highest BCUT2D eigenvalue weighted by molar-refractivity contribution is 6.30. The molecule has 0 atom stereocenters. The van der Waals surface area contributed by atoms with E-state index in [0.717, 1.165) is 5.69 Å². The molecule has 0 unspecified atom stereocenters. The molecule has 0 aliphatic heterocycles. The molecule has 0 bridgehead atoms. The van der Waals surface area contributed by atoms with Crippen molar-refractivity contribution in [3.63, 3.8) is 0 Å². The molecule has 0 aliphatic carbocycles. The third-order valence-corrected chi connectivity index (χ3v) is 3.10. The van der Waals surface area contributed by atoms with Gasteiger partial charge in [0, 0.05) is 11.3 Å². The van der Waals surface area contributed by atoms with E-state index in [1.165, 1.54) is 17.7 Å². The Morgan fingerprint density at radius 2 is 1.90 bits per heavy atom. The van der Waals surface area contributed by atoms with Gasteiger partial charge in [-0.2, -0.15) is 0 Å². The summed E-state index contributed by atoms with van der Waals surface area (Å²) in [7, 11) is 0. The number of hydrogen-bond acceptors (Lipinski definition) is 3. The maximum atomic E-state index is 12.1. The van der Waals surface area contributed by atoms with Gasteiger partial charge in [-0.1, -0.05) is 37.6 Å². The van der Waals surface area contributed by atoms with Crippen molar-refractivity contribution in [1.29, 1.82) is 0 Å². The van der Waals surface area contributed by atoms with Crippen molar-refractivity contribution in [3.8, 4) is 0 Å². The summed E-state index contributed by atoms with van der Waals surface area (Å²) in [5.74, 6) is 0.412. The predicted octanol–water partition coefficient (Wildman–Crippen LogP) is 3.69. The molecular formula is C15H16ClN3O. The van der Waals surface area contributed by atoms with Crippen LogP contribution in [0.1, 0.15) is 35.7 Å². The first-order valence-electron chi connectivity index (χ1n) is 6.30. The molecule has 0 radical (unpaired) electrons. The number of rotatable bonds is 3. The maximum absolute atomic E-state index is 12.1. The van der Waals surface area contributed by atoms with Gasteiger partial charge in [0.15, 0.2) is 0 Å². The second-order valence-corrected chi connectivity index (χ2v) is 5.22. The monoisotopic (exact) mass is 289 g/mol. The van der Waals surface area contributed by atoms with Crippen molar-refractivity contribution in [1.82, 2.24) is 4.98 Å². The van der Waals surface area contributed by atoms with E-state index in [1.54, 1.807) is 0 Å². The molecule has 1 amide bonds. The summed E-state index contributed by atoms with van der Waals surface area (Å²) in [6.07, 6.45) is 0. The molecule has 1 heterocycles. The fourth-order valence-electron chi connectivity index (χ4n) is 1.80. The number of nitrogens with two attached hydrogens (primary N) is 1. The van der Waals surface area contributed by atoms with Crippen molar-refractivity contribution in [2.24, 2.45) is 0 Å². The van der Waals surface area contributed by atoms with Crippen molar-refractivity contribution >= 4 is 29.0 Å². The fourth-order valence-corrected chi connectivity index (χ4v) is 2.02. The van der Waals surface area contributed by atoms with E-state index in [0.29, 0.717) is 11.5 Å². The quantitative estimate of drug-likeness (QED) is 0.847. The zero-order valence-corrected chi connectivity index (χ0v) is 12.1. The molecule has 20 heavy (non-hydrogen) atoms. The summed E-state index contributed by atoms with van der Waals surface area (Å²) in [5.41, 5.74) is 7.90. The Balaban J connectivity index is 2.14. The van der Waals surface area contributed by atoms with Crippen LogP contribution in [0.25, 0.3) is 0 Å². The summed E-state index contributed by atoms with van der Waals surface area (Å²) in [4.78, 5) is 15.9. The van der Waals surface area contributed by atoms with Gasteiger partial charge in [-0.25, -0.2) is 4.98 Å². The molecule has 0 aliphatic rings. The third-order valence-electron chi connectivity index (χ3n) is 2.91. The summed E-state index contributed by atoms with van der Waals surface area (Å²) >= 11 is 5.78. The summed E-state index contributed by atoms with van der Waals surface area (Å²) < 4.78 is 0. The van der Waals surface area contributed by atoms with E-state index >= 15 is 0 Å². The van der Waals surface area contributed by atoms with Gasteiger partial charge in [0.1, 0.15) is 11.0 Å².